The van der Waals surface area contributed by atoms with Crippen molar-refractivity contribution in [3.05, 3.63) is 33.7 Å². The van der Waals surface area contributed by atoms with Gasteiger partial charge in [0.1, 0.15) is 5.75 Å². The van der Waals surface area contributed by atoms with Crippen molar-refractivity contribution >= 4 is 35.8 Å². The number of thiol groups is 1. The van der Waals surface area contributed by atoms with Crippen molar-refractivity contribution in [3.63, 3.8) is 0 Å². The molecule has 1 rings (SSSR count). The van der Waals surface area contributed by atoms with Gasteiger partial charge in [-0.05, 0) is 30.2 Å². The van der Waals surface area contributed by atoms with E-state index in [1.54, 1.807) is 13.0 Å². The van der Waals surface area contributed by atoms with Crippen LogP contribution in [0.1, 0.15) is 12.5 Å². The van der Waals surface area contributed by atoms with Gasteiger partial charge in [0.15, 0.2) is 0 Å². The number of phenolic OH excluding ortho intramolecular Hbond substituents is 1. The number of aromatic hydroxyl groups is 1. The largest absolute Gasteiger partial charge is 0.506 e. The maximum absolute atomic E-state index is 10.6. The summed E-state index contributed by atoms with van der Waals surface area (Å²) in [6, 6.07) is 4.52. The Morgan fingerprint density at radius 1 is 1.47 bits per heavy atom. The standard InChI is InChI=1S/C10H9ClO3S/c1-5(9(15)10(13)14)6-2-3-7(11)8(12)4-6/h2-4,12,15H,1H3,(H,13,14). The van der Waals surface area contributed by atoms with E-state index in [1.165, 1.54) is 12.1 Å². The Kier molecular flexibility index (Phi) is 3.66. The highest BCUT2D eigenvalue weighted by molar-refractivity contribution is 7.85. The average molecular weight is 245 g/mol. The van der Waals surface area contributed by atoms with E-state index in [2.05, 4.69) is 12.6 Å². The molecule has 0 aliphatic carbocycles. The van der Waals surface area contributed by atoms with Gasteiger partial charge in [-0.2, -0.15) is 0 Å². The average Bonchev–Trinajstić information content (AvgIpc) is 2.19. The van der Waals surface area contributed by atoms with Crippen molar-refractivity contribution in [3.8, 4) is 5.75 Å². The van der Waals surface area contributed by atoms with Gasteiger partial charge < -0.3 is 10.2 Å². The third kappa shape index (κ3) is 2.67. The lowest BCUT2D eigenvalue weighted by atomic mass is 10.1. The second-order valence-corrected chi connectivity index (χ2v) is 3.80. The number of benzene rings is 1. The highest BCUT2D eigenvalue weighted by Gasteiger charge is 2.09. The Morgan fingerprint density at radius 2 is 2.07 bits per heavy atom. The maximum atomic E-state index is 10.6. The van der Waals surface area contributed by atoms with E-state index in [4.69, 9.17) is 16.7 Å². The summed E-state index contributed by atoms with van der Waals surface area (Å²) < 4.78 is 0. The fourth-order valence-electron chi connectivity index (χ4n) is 1.04. The number of hydrogen-bond donors (Lipinski definition) is 3. The molecule has 1 aromatic rings. The molecule has 0 aromatic heterocycles. The van der Waals surface area contributed by atoms with Crippen molar-refractivity contribution in [2.75, 3.05) is 0 Å². The summed E-state index contributed by atoms with van der Waals surface area (Å²) in [6.45, 7) is 1.61. The Bertz CT molecular complexity index is 440. The van der Waals surface area contributed by atoms with Crippen LogP contribution >= 0.6 is 24.2 Å². The van der Waals surface area contributed by atoms with Crippen molar-refractivity contribution in [1.29, 1.82) is 0 Å². The Balaban J connectivity index is 3.23. The smallest absolute Gasteiger partial charge is 0.342 e. The molecule has 0 fully saturated rings. The monoisotopic (exact) mass is 244 g/mol. The zero-order chi connectivity index (χ0) is 11.6. The number of hydrogen-bond acceptors (Lipinski definition) is 3. The van der Waals surface area contributed by atoms with E-state index < -0.39 is 5.97 Å². The van der Waals surface area contributed by atoms with Crippen LogP contribution in [0.5, 0.6) is 5.75 Å². The number of carboxylic acid groups (broad SMARTS) is 1. The molecule has 0 saturated carbocycles. The molecular weight excluding hydrogens is 236 g/mol. The Morgan fingerprint density at radius 3 is 2.53 bits per heavy atom. The minimum Gasteiger partial charge on any atom is -0.506 e. The first-order chi connectivity index (χ1) is 6.93. The van der Waals surface area contributed by atoms with Crippen LogP contribution in [0.2, 0.25) is 5.02 Å². The molecule has 0 amide bonds. The van der Waals surface area contributed by atoms with Crippen molar-refractivity contribution < 1.29 is 15.0 Å². The molecule has 15 heavy (non-hydrogen) atoms. The zero-order valence-electron chi connectivity index (χ0n) is 7.86. The van der Waals surface area contributed by atoms with Gasteiger partial charge in [0.25, 0.3) is 0 Å². The van der Waals surface area contributed by atoms with Gasteiger partial charge in [-0.15, -0.1) is 12.6 Å². The molecule has 0 unspecified atom stereocenters. The SMILES string of the molecule is CC(=C(S)C(=O)O)c1ccc(Cl)c(O)c1. The number of allylic oxidation sites excluding steroid dienone is 1. The molecule has 0 spiro atoms. The van der Waals surface area contributed by atoms with Crippen LogP contribution in [0.25, 0.3) is 5.57 Å². The summed E-state index contributed by atoms with van der Waals surface area (Å²) in [7, 11) is 0. The van der Waals surface area contributed by atoms with Gasteiger partial charge in [0.05, 0.1) is 9.93 Å². The first kappa shape index (κ1) is 11.9. The third-order valence-corrected chi connectivity index (χ3v) is 2.78. The molecule has 3 nitrogen and oxygen atoms in total. The predicted molar refractivity (Wildman–Crippen MR) is 62.3 cm³/mol. The van der Waals surface area contributed by atoms with E-state index >= 15 is 0 Å². The lowest BCUT2D eigenvalue weighted by Gasteiger charge is -2.05. The molecule has 0 saturated heterocycles. The highest BCUT2D eigenvalue weighted by atomic mass is 35.5. The summed E-state index contributed by atoms with van der Waals surface area (Å²) in [5.41, 5.74) is 1.04. The Labute approximate surface area is 97.4 Å². The maximum Gasteiger partial charge on any atom is 0.342 e. The molecule has 0 atom stereocenters. The van der Waals surface area contributed by atoms with Crippen molar-refractivity contribution in [2.24, 2.45) is 0 Å². The van der Waals surface area contributed by atoms with E-state index in [-0.39, 0.29) is 15.7 Å². The molecule has 0 radical (unpaired) electrons. The van der Waals surface area contributed by atoms with Gasteiger partial charge in [0.2, 0.25) is 0 Å². The minimum absolute atomic E-state index is 0.0586. The Hall–Kier alpha value is -1.13. The summed E-state index contributed by atoms with van der Waals surface area (Å²) in [6.07, 6.45) is 0. The molecule has 80 valence electrons. The topological polar surface area (TPSA) is 57.5 Å². The van der Waals surface area contributed by atoms with Crippen LogP contribution in [0.4, 0.5) is 0 Å². The summed E-state index contributed by atoms with van der Waals surface area (Å²) in [5, 5.41) is 18.3. The summed E-state index contributed by atoms with van der Waals surface area (Å²) in [4.78, 5) is 10.6. The number of carboxylic acids is 1. The number of rotatable bonds is 2. The van der Waals surface area contributed by atoms with Gasteiger partial charge >= 0.3 is 5.97 Å². The first-order valence-electron chi connectivity index (χ1n) is 4.05. The van der Waals surface area contributed by atoms with Crippen LogP contribution < -0.4 is 0 Å². The summed E-state index contributed by atoms with van der Waals surface area (Å²) >= 11 is 9.48. The minimum atomic E-state index is -1.11. The predicted octanol–water partition coefficient (Wildman–Crippen LogP) is 2.79. The van der Waals surface area contributed by atoms with E-state index in [0.29, 0.717) is 11.1 Å². The molecule has 2 N–H and O–H groups in total. The van der Waals surface area contributed by atoms with Crippen LogP contribution in [0.15, 0.2) is 23.1 Å². The fourth-order valence-corrected chi connectivity index (χ4v) is 1.29. The molecule has 0 heterocycles. The van der Waals surface area contributed by atoms with Gasteiger partial charge in [-0.25, -0.2) is 4.79 Å². The molecular formula is C10H9ClO3S. The number of aliphatic carboxylic acids is 1. The molecule has 0 bridgehead atoms. The lowest BCUT2D eigenvalue weighted by molar-refractivity contribution is -0.131. The molecule has 1 aromatic carbocycles. The molecule has 5 heteroatoms. The van der Waals surface area contributed by atoms with Crippen LogP contribution in [-0.2, 0) is 4.79 Å². The van der Waals surface area contributed by atoms with Crippen LogP contribution in [0.3, 0.4) is 0 Å². The lowest BCUT2D eigenvalue weighted by Crippen LogP contribution is -1.97. The quantitative estimate of drug-likeness (QED) is 0.554. The van der Waals surface area contributed by atoms with E-state index in [1.807, 2.05) is 0 Å². The van der Waals surface area contributed by atoms with E-state index in [0.717, 1.165) is 0 Å². The number of phenols is 1. The highest BCUT2D eigenvalue weighted by Crippen LogP contribution is 2.29. The fraction of sp³-hybridized carbons (Fsp3) is 0.100. The second kappa shape index (κ2) is 4.59. The van der Waals surface area contributed by atoms with Crippen molar-refractivity contribution in [2.45, 2.75) is 6.92 Å². The zero-order valence-corrected chi connectivity index (χ0v) is 9.51. The molecule has 0 aliphatic rings. The van der Waals surface area contributed by atoms with Gasteiger partial charge in [0, 0.05) is 0 Å². The van der Waals surface area contributed by atoms with Gasteiger partial charge in [-0.1, -0.05) is 17.7 Å². The molecule has 0 aliphatic heterocycles. The third-order valence-electron chi connectivity index (χ3n) is 1.94. The van der Waals surface area contributed by atoms with E-state index in [9.17, 15) is 9.90 Å². The number of carbonyl (C=O) groups is 1. The summed E-state index contributed by atoms with van der Waals surface area (Å²) in [5.74, 6) is -1.19. The van der Waals surface area contributed by atoms with Crippen molar-refractivity contribution in [1.82, 2.24) is 0 Å². The second-order valence-electron chi connectivity index (χ2n) is 2.94. The number of halogens is 1. The first-order valence-corrected chi connectivity index (χ1v) is 4.88. The van der Waals surface area contributed by atoms with Crippen LogP contribution in [0, 0.1) is 0 Å². The van der Waals surface area contributed by atoms with Gasteiger partial charge in [-0.3, -0.25) is 0 Å². The normalized spacial score (nSPS) is 12.2. The van der Waals surface area contributed by atoms with Crippen LogP contribution in [-0.4, -0.2) is 16.2 Å².